The van der Waals surface area contributed by atoms with Crippen LogP contribution in [0.3, 0.4) is 0 Å². The van der Waals surface area contributed by atoms with Gasteiger partial charge in [-0.1, -0.05) is 37.7 Å². The van der Waals surface area contributed by atoms with E-state index in [0.717, 1.165) is 40.3 Å². The van der Waals surface area contributed by atoms with Gasteiger partial charge in [0.15, 0.2) is 0 Å². The summed E-state index contributed by atoms with van der Waals surface area (Å²) in [5, 5.41) is 0.813. The van der Waals surface area contributed by atoms with Gasteiger partial charge in [-0.05, 0) is 61.2 Å². The molecule has 0 radical (unpaired) electrons. The quantitative estimate of drug-likeness (QED) is 0.521. The predicted molar refractivity (Wildman–Crippen MR) is 129 cm³/mol. The van der Waals surface area contributed by atoms with Crippen molar-refractivity contribution in [2.45, 2.75) is 39.8 Å². The highest BCUT2D eigenvalue weighted by Crippen LogP contribution is 2.28. The molecule has 1 atom stereocenters. The Morgan fingerprint density at radius 2 is 1.94 bits per heavy atom. The lowest BCUT2D eigenvalue weighted by molar-refractivity contribution is -0.125. The van der Waals surface area contributed by atoms with Gasteiger partial charge >= 0.3 is 0 Å². The second-order valence-corrected chi connectivity index (χ2v) is 9.56. The molecule has 1 N–H and O–H groups in total. The zero-order valence-corrected chi connectivity index (χ0v) is 19.3. The first kappa shape index (κ1) is 22.1. The van der Waals surface area contributed by atoms with Crippen LogP contribution in [-0.2, 0) is 11.3 Å². The Morgan fingerprint density at radius 3 is 2.66 bits per heavy atom. The molecule has 3 aromatic rings. The van der Waals surface area contributed by atoms with Crippen LogP contribution in [0, 0.1) is 5.92 Å². The molecule has 2 aromatic carbocycles. The lowest BCUT2D eigenvalue weighted by Crippen LogP contribution is -2.39. The number of nitrogens with zero attached hydrogens (tertiary/aromatic N) is 2. The number of nitrogens with one attached hydrogen (secondary N) is 1. The van der Waals surface area contributed by atoms with Gasteiger partial charge in [-0.25, -0.2) is 0 Å². The largest absolute Gasteiger partial charge is 0.361 e. The van der Waals surface area contributed by atoms with Crippen molar-refractivity contribution in [1.29, 1.82) is 0 Å². The Labute approximate surface area is 192 Å². The van der Waals surface area contributed by atoms with Gasteiger partial charge in [0.2, 0.25) is 5.91 Å². The number of anilines is 1. The van der Waals surface area contributed by atoms with Crippen LogP contribution in [0.15, 0.2) is 54.7 Å². The third-order valence-corrected chi connectivity index (χ3v) is 6.50. The van der Waals surface area contributed by atoms with Gasteiger partial charge < -0.3 is 9.88 Å². The summed E-state index contributed by atoms with van der Waals surface area (Å²) in [4.78, 5) is 44.0. The van der Waals surface area contributed by atoms with Crippen molar-refractivity contribution in [3.05, 3.63) is 65.9 Å². The monoisotopic (exact) mass is 449 g/mol. The summed E-state index contributed by atoms with van der Waals surface area (Å²) in [5.74, 6) is 0.332. The summed E-state index contributed by atoms with van der Waals surface area (Å²) in [6.45, 7) is 6.55. The molecule has 1 unspecified atom stereocenters. The Hall–Kier alpha value is -3.06. The topological polar surface area (TPSA) is 73.5 Å². The fourth-order valence-electron chi connectivity index (χ4n) is 4.21. The van der Waals surface area contributed by atoms with Crippen molar-refractivity contribution in [2.24, 2.45) is 5.92 Å². The van der Waals surface area contributed by atoms with E-state index in [4.69, 9.17) is 0 Å². The highest BCUT2D eigenvalue weighted by molar-refractivity contribution is 8.14. The molecule has 32 heavy (non-hydrogen) atoms. The molecule has 0 aliphatic carbocycles. The number of thioether (sulfide) groups is 1. The van der Waals surface area contributed by atoms with E-state index >= 15 is 0 Å². The Balaban J connectivity index is 1.66. The minimum atomic E-state index is -0.237. The molecule has 4 rings (SSSR count). The molecule has 2 heterocycles. The molecular weight excluding hydrogens is 422 g/mol. The zero-order chi connectivity index (χ0) is 22.8. The highest BCUT2D eigenvalue weighted by atomic mass is 32.2. The van der Waals surface area contributed by atoms with Crippen molar-refractivity contribution in [2.75, 3.05) is 10.7 Å². The van der Waals surface area contributed by atoms with Gasteiger partial charge in [0, 0.05) is 34.4 Å². The Morgan fingerprint density at radius 1 is 1.12 bits per heavy atom. The fourth-order valence-corrected chi connectivity index (χ4v) is 4.93. The van der Waals surface area contributed by atoms with E-state index < -0.39 is 0 Å². The van der Waals surface area contributed by atoms with Crippen LogP contribution in [0.25, 0.3) is 10.9 Å². The van der Waals surface area contributed by atoms with Crippen molar-refractivity contribution < 1.29 is 14.4 Å². The van der Waals surface area contributed by atoms with E-state index in [1.54, 1.807) is 18.2 Å². The van der Waals surface area contributed by atoms with Crippen LogP contribution in [0.5, 0.6) is 0 Å². The Kier molecular flexibility index (Phi) is 6.37. The van der Waals surface area contributed by atoms with Crippen molar-refractivity contribution in [1.82, 2.24) is 9.88 Å². The van der Waals surface area contributed by atoms with Gasteiger partial charge in [0.25, 0.3) is 11.1 Å². The summed E-state index contributed by atoms with van der Waals surface area (Å²) in [5.41, 5.74) is 3.18. The molecule has 166 valence electrons. The van der Waals surface area contributed by atoms with Crippen LogP contribution < -0.4 is 4.90 Å². The molecule has 0 spiro atoms. The average Bonchev–Trinajstić information content (AvgIpc) is 3.35. The molecule has 7 heteroatoms. The number of aromatic amines is 1. The van der Waals surface area contributed by atoms with Gasteiger partial charge in [-0.2, -0.15) is 0 Å². The maximum absolute atomic E-state index is 13.7. The second kappa shape index (κ2) is 9.20. The number of aromatic nitrogens is 1. The summed E-state index contributed by atoms with van der Waals surface area (Å²) in [6, 6.07) is 15.2. The SMILES string of the molecule is CC(C)CC(C)N(C(=O)c1cccc(CN2C(=O)CSC2=O)c1)c1ccc2[nH]ccc2c1. The van der Waals surface area contributed by atoms with Gasteiger partial charge in [0.05, 0.1) is 12.3 Å². The number of benzene rings is 2. The number of H-pyrrole nitrogens is 1. The summed E-state index contributed by atoms with van der Waals surface area (Å²) in [6.07, 6.45) is 2.76. The molecular formula is C25H27N3O3S. The minimum Gasteiger partial charge on any atom is -0.361 e. The summed E-state index contributed by atoms with van der Waals surface area (Å²) >= 11 is 1.02. The molecule has 1 aromatic heterocycles. The van der Waals surface area contributed by atoms with Gasteiger partial charge in [-0.3, -0.25) is 19.3 Å². The summed E-state index contributed by atoms with van der Waals surface area (Å²) < 4.78 is 0. The molecule has 6 nitrogen and oxygen atoms in total. The molecule has 3 amide bonds. The lowest BCUT2D eigenvalue weighted by Gasteiger charge is -2.31. The number of carbonyl (C=O) groups is 3. The first-order valence-corrected chi connectivity index (χ1v) is 11.8. The third kappa shape index (κ3) is 4.58. The van der Waals surface area contributed by atoms with Crippen LogP contribution in [0.1, 0.15) is 43.1 Å². The van der Waals surface area contributed by atoms with E-state index in [0.29, 0.717) is 11.5 Å². The van der Waals surface area contributed by atoms with E-state index in [1.165, 1.54) is 4.90 Å². The van der Waals surface area contributed by atoms with Crippen molar-refractivity contribution >= 4 is 45.4 Å². The normalized spacial score (nSPS) is 15.1. The van der Waals surface area contributed by atoms with E-state index in [9.17, 15) is 14.4 Å². The molecule has 1 saturated heterocycles. The maximum Gasteiger partial charge on any atom is 0.289 e. The first-order chi connectivity index (χ1) is 15.3. The number of amides is 3. The first-order valence-electron chi connectivity index (χ1n) is 10.8. The van der Waals surface area contributed by atoms with Crippen LogP contribution in [0.2, 0.25) is 0 Å². The fraction of sp³-hybridized carbons (Fsp3) is 0.320. The van der Waals surface area contributed by atoms with E-state index in [-0.39, 0.29) is 35.4 Å². The van der Waals surface area contributed by atoms with Gasteiger partial charge in [0.1, 0.15) is 0 Å². The van der Waals surface area contributed by atoms with Crippen LogP contribution >= 0.6 is 11.8 Å². The number of imide groups is 1. The number of carbonyl (C=O) groups excluding carboxylic acids is 3. The molecule has 1 fully saturated rings. The number of rotatable bonds is 7. The Bertz CT molecular complexity index is 1150. The number of fused-ring (bicyclic) bond motifs is 1. The number of hydrogen-bond donors (Lipinski definition) is 1. The van der Waals surface area contributed by atoms with Crippen molar-refractivity contribution in [3.8, 4) is 0 Å². The molecule has 0 bridgehead atoms. The minimum absolute atomic E-state index is 0.000635. The van der Waals surface area contributed by atoms with Gasteiger partial charge in [-0.15, -0.1) is 0 Å². The molecule has 0 saturated carbocycles. The highest BCUT2D eigenvalue weighted by Gasteiger charge is 2.30. The summed E-state index contributed by atoms with van der Waals surface area (Å²) in [7, 11) is 0. The predicted octanol–water partition coefficient (Wildman–Crippen LogP) is 5.44. The van der Waals surface area contributed by atoms with Crippen LogP contribution in [-0.4, -0.2) is 38.7 Å². The van der Waals surface area contributed by atoms with E-state index in [1.807, 2.05) is 41.4 Å². The van der Waals surface area contributed by atoms with Crippen LogP contribution in [0.4, 0.5) is 10.5 Å². The molecule has 1 aliphatic heterocycles. The standard InChI is InChI=1S/C25H27N3O3S/c1-16(2)11-17(3)28(21-7-8-22-19(13-21)9-10-26-22)24(30)20-6-4-5-18(12-20)14-27-23(29)15-32-25(27)31/h4-10,12-13,16-17,26H,11,14-15H2,1-3H3. The zero-order valence-electron chi connectivity index (χ0n) is 18.5. The second-order valence-electron chi connectivity index (χ2n) is 8.64. The third-order valence-electron chi connectivity index (χ3n) is 5.64. The number of hydrogen-bond acceptors (Lipinski definition) is 4. The molecule has 1 aliphatic rings. The van der Waals surface area contributed by atoms with Crippen molar-refractivity contribution in [3.63, 3.8) is 0 Å². The van der Waals surface area contributed by atoms with E-state index in [2.05, 4.69) is 25.8 Å². The smallest absolute Gasteiger partial charge is 0.289 e. The maximum atomic E-state index is 13.7. The average molecular weight is 450 g/mol. The lowest BCUT2D eigenvalue weighted by atomic mass is 10.0.